The molecule has 0 N–H and O–H groups in total. The Hall–Kier alpha value is -1.34. The van der Waals surface area contributed by atoms with Gasteiger partial charge >= 0.3 is 6.18 Å². The quantitative estimate of drug-likeness (QED) is 0.661. The SMILES string of the molecule is C=CC1=C(S)C2(CCN(C(C)c3cnc(C(F)(F)F)nc3)CC2)CC2(CC2)C1. The first-order valence-corrected chi connectivity index (χ1v) is 10.3. The molecule has 1 saturated carbocycles. The van der Waals surface area contributed by atoms with Crippen LogP contribution in [0.1, 0.15) is 62.9 Å². The van der Waals surface area contributed by atoms with E-state index in [4.69, 9.17) is 12.6 Å². The maximum atomic E-state index is 12.7. The van der Waals surface area contributed by atoms with Crippen LogP contribution < -0.4 is 0 Å². The lowest BCUT2D eigenvalue weighted by Crippen LogP contribution is -2.44. The van der Waals surface area contributed by atoms with Crippen molar-refractivity contribution in [3.05, 3.63) is 46.9 Å². The average Bonchev–Trinajstić information content (AvgIpc) is 3.43. The van der Waals surface area contributed by atoms with E-state index in [1.165, 1.54) is 42.1 Å². The van der Waals surface area contributed by atoms with Crippen LogP contribution in [0.25, 0.3) is 0 Å². The second-order valence-electron chi connectivity index (χ2n) is 8.76. The fourth-order valence-corrected chi connectivity index (χ4v) is 5.53. The van der Waals surface area contributed by atoms with Crippen LogP contribution in [0.15, 0.2) is 35.5 Å². The normalized spacial score (nSPS) is 25.2. The molecule has 1 aromatic heterocycles. The molecule has 0 amide bonds. The van der Waals surface area contributed by atoms with Crippen molar-refractivity contribution in [2.75, 3.05) is 13.1 Å². The Kier molecular flexibility index (Phi) is 4.90. The molecule has 7 heteroatoms. The molecule has 1 aromatic rings. The molecule has 2 heterocycles. The highest BCUT2D eigenvalue weighted by atomic mass is 32.1. The molecule has 4 rings (SSSR count). The van der Waals surface area contributed by atoms with Crippen LogP contribution in [0.2, 0.25) is 0 Å². The lowest BCUT2D eigenvalue weighted by molar-refractivity contribution is -0.145. The van der Waals surface area contributed by atoms with Crippen molar-refractivity contribution in [3.8, 4) is 0 Å². The Morgan fingerprint density at radius 1 is 1.18 bits per heavy atom. The zero-order valence-corrected chi connectivity index (χ0v) is 17.0. The Labute approximate surface area is 169 Å². The molecule has 0 radical (unpaired) electrons. The van der Waals surface area contributed by atoms with Crippen LogP contribution in [0.4, 0.5) is 13.2 Å². The summed E-state index contributed by atoms with van der Waals surface area (Å²) in [5.41, 5.74) is 2.63. The first kappa shape index (κ1) is 20.0. The lowest BCUT2D eigenvalue weighted by Gasteiger charge is -2.49. The molecule has 28 heavy (non-hydrogen) atoms. The summed E-state index contributed by atoms with van der Waals surface area (Å²) in [7, 11) is 0. The van der Waals surface area contributed by atoms with Crippen molar-refractivity contribution in [3.63, 3.8) is 0 Å². The van der Waals surface area contributed by atoms with E-state index < -0.39 is 12.0 Å². The molecule has 2 aliphatic carbocycles. The topological polar surface area (TPSA) is 29.0 Å². The molecule has 1 atom stereocenters. The van der Waals surface area contributed by atoms with Gasteiger partial charge in [0.2, 0.25) is 5.82 Å². The zero-order chi connectivity index (χ0) is 20.2. The molecule has 1 unspecified atom stereocenters. The zero-order valence-electron chi connectivity index (χ0n) is 16.1. The average molecular weight is 410 g/mol. The standard InChI is InChI=1S/C21H26F3N3S/c1-3-15-10-19(4-5-19)13-20(17(15)28)6-8-27(9-7-20)14(2)16-11-25-18(26-12-16)21(22,23)24/h3,11-12,14,28H,1,4-10,13H2,2H3. The molecular weight excluding hydrogens is 383 g/mol. The maximum absolute atomic E-state index is 12.7. The number of likely N-dealkylation sites (tertiary alicyclic amines) is 1. The second kappa shape index (κ2) is 6.87. The summed E-state index contributed by atoms with van der Waals surface area (Å²) in [6, 6.07) is -0.00988. The Morgan fingerprint density at radius 2 is 1.79 bits per heavy atom. The number of rotatable bonds is 3. The highest BCUT2D eigenvalue weighted by molar-refractivity contribution is 7.84. The number of piperidine rings is 1. The van der Waals surface area contributed by atoms with E-state index in [0.29, 0.717) is 5.41 Å². The van der Waals surface area contributed by atoms with Gasteiger partial charge < -0.3 is 0 Å². The monoisotopic (exact) mass is 409 g/mol. The van der Waals surface area contributed by atoms with E-state index >= 15 is 0 Å². The lowest BCUT2D eigenvalue weighted by atomic mass is 9.64. The molecule has 2 spiro atoms. The minimum absolute atomic E-state index is 0.00988. The minimum Gasteiger partial charge on any atom is -0.296 e. The largest absolute Gasteiger partial charge is 0.451 e. The Morgan fingerprint density at radius 3 is 2.29 bits per heavy atom. The summed E-state index contributed by atoms with van der Waals surface area (Å²) >= 11 is 4.92. The van der Waals surface area contributed by atoms with Gasteiger partial charge in [-0.2, -0.15) is 13.2 Å². The third-order valence-electron chi connectivity index (χ3n) is 7.00. The fourth-order valence-electron chi connectivity index (χ4n) is 5.06. The van der Waals surface area contributed by atoms with Crippen molar-refractivity contribution < 1.29 is 13.2 Å². The Bertz CT molecular complexity index is 788. The van der Waals surface area contributed by atoms with Crippen LogP contribution in [0, 0.1) is 10.8 Å². The smallest absolute Gasteiger partial charge is 0.296 e. The molecule has 3 nitrogen and oxygen atoms in total. The van der Waals surface area contributed by atoms with E-state index in [2.05, 4.69) is 21.4 Å². The fraction of sp³-hybridized carbons (Fsp3) is 0.619. The number of aromatic nitrogens is 2. The van der Waals surface area contributed by atoms with E-state index in [-0.39, 0.29) is 11.5 Å². The molecule has 1 aliphatic heterocycles. The third kappa shape index (κ3) is 3.52. The van der Waals surface area contributed by atoms with E-state index in [1.54, 1.807) is 0 Å². The molecule has 1 saturated heterocycles. The van der Waals surface area contributed by atoms with Crippen LogP contribution in [-0.2, 0) is 6.18 Å². The Balaban J connectivity index is 1.47. The van der Waals surface area contributed by atoms with Gasteiger partial charge in [-0.1, -0.05) is 12.7 Å². The third-order valence-corrected chi connectivity index (χ3v) is 7.76. The number of allylic oxidation sites excluding steroid dienone is 3. The van der Waals surface area contributed by atoms with Gasteiger partial charge in [-0.05, 0) is 74.4 Å². The van der Waals surface area contributed by atoms with Crippen molar-refractivity contribution in [2.24, 2.45) is 10.8 Å². The van der Waals surface area contributed by atoms with E-state index in [1.807, 2.05) is 13.0 Å². The number of nitrogens with zero attached hydrogens (tertiary/aromatic N) is 3. The predicted molar refractivity (Wildman–Crippen MR) is 106 cm³/mol. The molecule has 3 aliphatic rings. The molecule has 0 aromatic carbocycles. The molecule has 2 fully saturated rings. The van der Waals surface area contributed by atoms with Crippen LogP contribution in [-0.4, -0.2) is 28.0 Å². The predicted octanol–water partition coefficient (Wildman–Crippen LogP) is 5.58. The summed E-state index contributed by atoms with van der Waals surface area (Å²) in [6.45, 7) is 7.81. The summed E-state index contributed by atoms with van der Waals surface area (Å²) in [5.74, 6) is -1.08. The molecule has 152 valence electrons. The minimum atomic E-state index is -4.50. The summed E-state index contributed by atoms with van der Waals surface area (Å²) in [6.07, 6.45) is 7.07. The first-order valence-electron chi connectivity index (χ1n) is 9.86. The van der Waals surface area contributed by atoms with Gasteiger partial charge in [-0.25, -0.2) is 9.97 Å². The maximum Gasteiger partial charge on any atom is 0.451 e. The van der Waals surface area contributed by atoms with Crippen molar-refractivity contribution in [1.82, 2.24) is 14.9 Å². The van der Waals surface area contributed by atoms with Crippen LogP contribution in [0.5, 0.6) is 0 Å². The van der Waals surface area contributed by atoms with Crippen molar-refractivity contribution in [2.45, 2.75) is 57.7 Å². The highest BCUT2D eigenvalue weighted by Crippen LogP contribution is 2.65. The van der Waals surface area contributed by atoms with Crippen LogP contribution in [0.3, 0.4) is 0 Å². The van der Waals surface area contributed by atoms with Gasteiger partial charge in [0.15, 0.2) is 0 Å². The highest BCUT2D eigenvalue weighted by Gasteiger charge is 2.54. The van der Waals surface area contributed by atoms with Gasteiger partial charge in [0, 0.05) is 29.4 Å². The van der Waals surface area contributed by atoms with Gasteiger partial charge in [0.1, 0.15) is 0 Å². The van der Waals surface area contributed by atoms with Crippen molar-refractivity contribution in [1.29, 1.82) is 0 Å². The first-order chi connectivity index (χ1) is 13.2. The number of halogens is 3. The second-order valence-corrected chi connectivity index (χ2v) is 9.21. The summed E-state index contributed by atoms with van der Waals surface area (Å²) in [5, 5.41) is 0. The number of thiol groups is 1. The van der Waals surface area contributed by atoms with Gasteiger partial charge in [0.05, 0.1) is 0 Å². The van der Waals surface area contributed by atoms with Gasteiger partial charge in [0.25, 0.3) is 0 Å². The van der Waals surface area contributed by atoms with E-state index in [9.17, 15) is 13.2 Å². The van der Waals surface area contributed by atoms with Crippen LogP contribution >= 0.6 is 12.6 Å². The van der Waals surface area contributed by atoms with Crippen molar-refractivity contribution >= 4 is 12.6 Å². The number of hydrogen-bond acceptors (Lipinski definition) is 4. The summed E-state index contributed by atoms with van der Waals surface area (Å²) < 4.78 is 38.1. The number of alkyl halides is 3. The molecular formula is C21H26F3N3S. The van der Waals surface area contributed by atoms with Gasteiger partial charge in [-0.3, -0.25) is 4.90 Å². The summed E-state index contributed by atoms with van der Waals surface area (Å²) in [4.78, 5) is 10.6. The van der Waals surface area contributed by atoms with Gasteiger partial charge in [-0.15, -0.1) is 12.6 Å². The number of hydrogen-bond donors (Lipinski definition) is 1. The molecule has 0 bridgehead atoms. The van der Waals surface area contributed by atoms with E-state index in [0.717, 1.165) is 37.9 Å².